The lowest BCUT2D eigenvalue weighted by molar-refractivity contribution is -0.255. The average Bonchev–Trinajstić information content (AvgIpc) is 2.65. The Balaban J connectivity index is 2.34. The summed E-state index contributed by atoms with van der Waals surface area (Å²) in [6.07, 6.45) is 1.51. The normalized spacial score (nSPS) is 10.7. The zero-order valence-corrected chi connectivity index (χ0v) is 11.2. The lowest BCUT2D eigenvalue weighted by atomic mass is 10.2. The number of hydrogen-bond acceptors (Lipinski definition) is 4. The molecule has 0 radical (unpaired) electrons. The van der Waals surface area contributed by atoms with E-state index in [0.29, 0.717) is 11.7 Å². The predicted octanol–water partition coefficient (Wildman–Crippen LogP) is 3.86. The quantitative estimate of drug-likeness (QED) is 0.676. The third-order valence-corrected chi connectivity index (χ3v) is 2.79. The molecular formula is C10H7Br2NO3. The number of rotatable bonds is 3. The molecule has 16 heavy (non-hydrogen) atoms. The van der Waals surface area contributed by atoms with Crippen LogP contribution in [0.2, 0.25) is 0 Å². The van der Waals surface area contributed by atoms with Gasteiger partial charge in [-0.25, -0.2) is 9.87 Å². The molecule has 0 aliphatic heterocycles. The highest BCUT2D eigenvalue weighted by molar-refractivity contribution is 9.11. The van der Waals surface area contributed by atoms with Crippen LogP contribution in [-0.2, 0) is 11.5 Å². The first-order chi connectivity index (χ1) is 7.69. The van der Waals surface area contributed by atoms with E-state index in [-0.39, 0.29) is 6.61 Å². The Morgan fingerprint density at radius 3 is 2.56 bits per heavy atom. The molecule has 0 aliphatic rings. The van der Waals surface area contributed by atoms with Crippen molar-refractivity contribution in [2.45, 2.75) is 6.61 Å². The van der Waals surface area contributed by atoms with Crippen LogP contribution in [0.5, 0.6) is 0 Å². The molecule has 84 valence electrons. The molecule has 1 aromatic carbocycles. The summed E-state index contributed by atoms with van der Waals surface area (Å²) >= 11 is 6.77. The standard InChI is InChI=1S/C10H7Br2NO3/c11-7-1-6(2-8(12)3-7)10-13-4-9(16-10)5-15-14/h1-4,14H,5H2. The van der Waals surface area contributed by atoms with Crippen molar-refractivity contribution < 1.29 is 14.6 Å². The van der Waals surface area contributed by atoms with Crippen LogP contribution in [0.1, 0.15) is 5.76 Å². The van der Waals surface area contributed by atoms with Crippen molar-refractivity contribution in [1.29, 1.82) is 0 Å². The summed E-state index contributed by atoms with van der Waals surface area (Å²) in [5, 5.41) is 8.28. The first-order valence-electron chi connectivity index (χ1n) is 4.36. The minimum Gasteiger partial charge on any atom is -0.439 e. The fraction of sp³-hybridized carbons (Fsp3) is 0.100. The lowest BCUT2D eigenvalue weighted by Crippen LogP contribution is -1.82. The van der Waals surface area contributed by atoms with Crippen LogP contribution >= 0.6 is 31.9 Å². The zero-order valence-electron chi connectivity index (χ0n) is 7.98. The van der Waals surface area contributed by atoms with Gasteiger partial charge in [-0.1, -0.05) is 31.9 Å². The molecule has 4 nitrogen and oxygen atoms in total. The van der Waals surface area contributed by atoms with Gasteiger partial charge < -0.3 is 4.42 Å². The number of halogens is 2. The molecule has 0 aliphatic carbocycles. The van der Waals surface area contributed by atoms with Crippen molar-refractivity contribution in [2.24, 2.45) is 0 Å². The maximum Gasteiger partial charge on any atom is 0.226 e. The number of benzene rings is 1. The summed E-state index contributed by atoms with van der Waals surface area (Å²) in [6.45, 7) is -0.0117. The first-order valence-corrected chi connectivity index (χ1v) is 5.95. The van der Waals surface area contributed by atoms with Gasteiger partial charge in [-0.15, -0.1) is 0 Å². The van der Waals surface area contributed by atoms with Gasteiger partial charge in [0.15, 0.2) is 5.76 Å². The molecule has 2 rings (SSSR count). The van der Waals surface area contributed by atoms with Crippen LogP contribution in [0.25, 0.3) is 11.5 Å². The van der Waals surface area contributed by atoms with Gasteiger partial charge in [-0.2, -0.15) is 0 Å². The second-order valence-corrected chi connectivity index (χ2v) is 4.89. The van der Waals surface area contributed by atoms with Crippen LogP contribution in [-0.4, -0.2) is 10.2 Å². The summed E-state index contributed by atoms with van der Waals surface area (Å²) in [7, 11) is 0. The van der Waals surface area contributed by atoms with Crippen molar-refractivity contribution in [3.05, 3.63) is 39.1 Å². The van der Waals surface area contributed by atoms with Crippen molar-refractivity contribution in [2.75, 3.05) is 0 Å². The smallest absolute Gasteiger partial charge is 0.226 e. The van der Waals surface area contributed by atoms with Crippen molar-refractivity contribution in [1.82, 2.24) is 4.98 Å². The lowest BCUT2D eigenvalue weighted by Gasteiger charge is -1.98. The van der Waals surface area contributed by atoms with Gasteiger partial charge in [0.2, 0.25) is 5.89 Å². The first kappa shape index (κ1) is 11.8. The highest BCUT2D eigenvalue weighted by Crippen LogP contribution is 2.27. The van der Waals surface area contributed by atoms with Gasteiger partial charge in [0, 0.05) is 14.5 Å². The number of aromatic nitrogens is 1. The SMILES string of the molecule is OOCc1cnc(-c2cc(Br)cc(Br)c2)o1. The number of hydrogen-bond donors (Lipinski definition) is 1. The molecule has 0 amide bonds. The Hall–Kier alpha value is -0.690. The summed E-state index contributed by atoms with van der Waals surface area (Å²) < 4.78 is 7.23. The summed E-state index contributed by atoms with van der Waals surface area (Å²) in [4.78, 5) is 8.06. The van der Waals surface area contributed by atoms with E-state index in [0.717, 1.165) is 14.5 Å². The Bertz CT molecular complexity index is 478. The Labute approximate surface area is 108 Å². The maximum absolute atomic E-state index is 8.28. The second-order valence-electron chi connectivity index (χ2n) is 3.06. The number of nitrogens with zero attached hydrogens (tertiary/aromatic N) is 1. The van der Waals surface area contributed by atoms with Crippen molar-refractivity contribution in [3.63, 3.8) is 0 Å². The monoisotopic (exact) mass is 347 g/mol. The molecule has 0 unspecified atom stereocenters. The predicted molar refractivity (Wildman–Crippen MR) is 64.8 cm³/mol. The van der Waals surface area contributed by atoms with Gasteiger partial charge in [-0.05, 0) is 18.2 Å². The van der Waals surface area contributed by atoms with Crippen LogP contribution < -0.4 is 0 Å². The van der Waals surface area contributed by atoms with E-state index in [1.165, 1.54) is 6.20 Å². The average molecular weight is 349 g/mol. The van der Waals surface area contributed by atoms with E-state index in [1.54, 1.807) is 0 Å². The summed E-state index contributed by atoms with van der Waals surface area (Å²) in [5.41, 5.74) is 0.838. The molecule has 0 fully saturated rings. The van der Waals surface area contributed by atoms with Gasteiger partial charge >= 0.3 is 0 Å². The van der Waals surface area contributed by atoms with Gasteiger partial charge in [-0.3, -0.25) is 5.26 Å². The molecule has 1 aromatic heterocycles. The highest BCUT2D eigenvalue weighted by atomic mass is 79.9. The number of oxazole rings is 1. The zero-order chi connectivity index (χ0) is 11.5. The largest absolute Gasteiger partial charge is 0.439 e. The Morgan fingerprint density at radius 2 is 1.94 bits per heavy atom. The van der Waals surface area contributed by atoms with Crippen molar-refractivity contribution >= 4 is 31.9 Å². The van der Waals surface area contributed by atoms with Crippen LogP contribution in [0.4, 0.5) is 0 Å². The van der Waals surface area contributed by atoms with E-state index >= 15 is 0 Å². The molecule has 1 N–H and O–H groups in total. The minimum absolute atomic E-state index is 0.0117. The highest BCUT2D eigenvalue weighted by Gasteiger charge is 2.08. The van der Waals surface area contributed by atoms with Gasteiger partial charge in [0.1, 0.15) is 6.61 Å². The van der Waals surface area contributed by atoms with E-state index in [9.17, 15) is 0 Å². The maximum atomic E-state index is 8.28. The fourth-order valence-electron chi connectivity index (χ4n) is 1.25. The molecule has 0 saturated heterocycles. The molecule has 6 heteroatoms. The van der Waals surface area contributed by atoms with Crippen LogP contribution in [0, 0.1) is 0 Å². The molecule has 0 bridgehead atoms. The van der Waals surface area contributed by atoms with E-state index in [4.69, 9.17) is 9.67 Å². The third kappa shape index (κ3) is 2.70. The third-order valence-electron chi connectivity index (χ3n) is 1.87. The molecule has 1 heterocycles. The molecule has 0 atom stereocenters. The van der Waals surface area contributed by atoms with E-state index < -0.39 is 0 Å². The van der Waals surface area contributed by atoms with Crippen LogP contribution in [0.15, 0.2) is 37.8 Å². The van der Waals surface area contributed by atoms with Crippen LogP contribution in [0.3, 0.4) is 0 Å². The second kappa shape index (κ2) is 5.09. The van der Waals surface area contributed by atoms with Gasteiger partial charge in [0.25, 0.3) is 0 Å². The Kier molecular flexibility index (Phi) is 3.75. The summed E-state index contributed by atoms with van der Waals surface area (Å²) in [6, 6.07) is 5.70. The Morgan fingerprint density at radius 1 is 1.25 bits per heavy atom. The van der Waals surface area contributed by atoms with Crippen molar-refractivity contribution in [3.8, 4) is 11.5 Å². The molecular weight excluding hydrogens is 342 g/mol. The van der Waals surface area contributed by atoms with Gasteiger partial charge in [0.05, 0.1) is 6.20 Å². The topological polar surface area (TPSA) is 55.5 Å². The molecule has 0 saturated carbocycles. The molecule has 2 aromatic rings. The van der Waals surface area contributed by atoms with E-state index in [2.05, 4.69) is 41.7 Å². The van der Waals surface area contributed by atoms with E-state index in [1.807, 2.05) is 18.2 Å². The summed E-state index contributed by atoms with van der Waals surface area (Å²) in [5.74, 6) is 0.947. The fourth-order valence-corrected chi connectivity index (χ4v) is 2.54. The molecule has 0 spiro atoms. The minimum atomic E-state index is -0.0117.